The fourth-order valence-corrected chi connectivity index (χ4v) is 6.89. The van der Waals surface area contributed by atoms with Crippen molar-refractivity contribution in [2.75, 3.05) is 0 Å². The Morgan fingerprint density at radius 2 is 0.927 bits per heavy atom. The lowest BCUT2D eigenvalue weighted by atomic mass is 9.91. The Hall–Kier alpha value is -5.40. The van der Waals surface area contributed by atoms with E-state index in [9.17, 15) is 0 Å². The van der Waals surface area contributed by atoms with Crippen molar-refractivity contribution >= 4 is 32.6 Å². The lowest BCUT2D eigenvalue weighted by Crippen LogP contribution is -1.87. The molecule has 7 aromatic carbocycles. The molecule has 0 aliphatic heterocycles. The molecule has 0 saturated carbocycles. The van der Waals surface area contributed by atoms with Crippen molar-refractivity contribution < 1.29 is 0 Å². The second kappa shape index (κ2) is 8.55. The van der Waals surface area contributed by atoms with Crippen molar-refractivity contribution in [3.05, 3.63) is 146 Å². The molecular formula is C40H25N. The van der Waals surface area contributed by atoms with Crippen LogP contribution in [0.5, 0.6) is 0 Å². The van der Waals surface area contributed by atoms with E-state index in [0.717, 1.165) is 5.52 Å². The Morgan fingerprint density at radius 3 is 1.78 bits per heavy atom. The third-order valence-corrected chi connectivity index (χ3v) is 8.76. The first-order valence-corrected chi connectivity index (χ1v) is 14.2. The number of hydrogen-bond donors (Lipinski definition) is 1. The molecule has 1 aliphatic rings. The monoisotopic (exact) mass is 519 g/mol. The van der Waals surface area contributed by atoms with Gasteiger partial charge < -0.3 is 4.98 Å². The molecule has 1 nitrogen and oxygen atoms in total. The summed E-state index contributed by atoms with van der Waals surface area (Å²) in [6.45, 7) is 0. The van der Waals surface area contributed by atoms with Crippen LogP contribution in [-0.4, -0.2) is 4.98 Å². The zero-order chi connectivity index (χ0) is 26.9. The third kappa shape index (κ3) is 3.30. The van der Waals surface area contributed by atoms with E-state index in [4.69, 9.17) is 0 Å². The molecule has 0 saturated heterocycles. The van der Waals surface area contributed by atoms with Crippen molar-refractivity contribution in [3.8, 4) is 55.6 Å². The first-order chi connectivity index (χ1) is 20.3. The average Bonchev–Trinajstić information content (AvgIpc) is 3.58. The van der Waals surface area contributed by atoms with Crippen LogP contribution in [0.3, 0.4) is 0 Å². The lowest BCUT2D eigenvalue weighted by molar-refractivity contribution is 1.53. The summed E-state index contributed by atoms with van der Waals surface area (Å²) in [4.78, 5) is 3.75. The highest BCUT2D eigenvalue weighted by molar-refractivity contribution is 6.19. The fraction of sp³-hybridized carbons (Fsp3) is 0. The van der Waals surface area contributed by atoms with Gasteiger partial charge >= 0.3 is 0 Å². The highest BCUT2D eigenvalue weighted by atomic mass is 14.7. The summed E-state index contributed by atoms with van der Waals surface area (Å²) in [5, 5.41) is 5.18. The molecule has 0 atom stereocenters. The second-order valence-electron chi connectivity index (χ2n) is 11.0. The van der Waals surface area contributed by atoms with Gasteiger partial charge in [-0.15, -0.1) is 0 Å². The van der Waals surface area contributed by atoms with E-state index in [2.05, 4.69) is 151 Å². The molecule has 9 rings (SSSR count). The molecule has 0 spiro atoms. The summed E-state index contributed by atoms with van der Waals surface area (Å²) in [6.07, 6.45) is 0. The van der Waals surface area contributed by atoms with Gasteiger partial charge in [0.05, 0.1) is 5.52 Å². The topological polar surface area (TPSA) is 15.8 Å². The van der Waals surface area contributed by atoms with Crippen LogP contribution in [0.15, 0.2) is 146 Å². The number of aromatic nitrogens is 1. The van der Waals surface area contributed by atoms with Crippen LogP contribution >= 0.6 is 0 Å². The number of benzene rings is 7. The molecule has 0 bridgehead atoms. The Morgan fingerprint density at radius 1 is 0.317 bits per heavy atom. The molecule has 1 heterocycles. The van der Waals surface area contributed by atoms with Gasteiger partial charge in [0.15, 0.2) is 0 Å². The standard InChI is InChI=1S/C40H25N/c1-2-10-25(11-3-1)28-23-36(40-37(24-28)32-16-6-7-19-38(32)41-40)27-13-8-12-26(22-27)29-20-21-35-31-15-5-4-14-30(31)34-18-9-17-33(29)39(34)35/h1-24,41H. The number of nitrogens with one attached hydrogen (secondary N) is 1. The van der Waals surface area contributed by atoms with Gasteiger partial charge in [0.1, 0.15) is 0 Å². The fourth-order valence-electron chi connectivity index (χ4n) is 6.89. The van der Waals surface area contributed by atoms with Gasteiger partial charge in [0.2, 0.25) is 0 Å². The molecule has 0 amide bonds. The smallest absolute Gasteiger partial charge is 0.0544 e. The first kappa shape index (κ1) is 22.4. The maximum absolute atomic E-state index is 3.75. The van der Waals surface area contributed by atoms with E-state index < -0.39 is 0 Å². The van der Waals surface area contributed by atoms with Crippen LogP contribution in [0, 0.1) is 0 Å². The number of para-hydroxylation sites is 1. The first-order valence-electron chi connectivity index (χ1n) is 14.2. The van der Waals surface area contributed by atoms with E-state index in [1.807, 2.05) is 0 Å². The molecule has 1 aliphatic carbocycles. The molecule has 41 heavy (non-hydrogen) atoms. The predicted molar refractivity (Wildman–Crippen MR) is 174 cm³/mol. The van der Waals surface area contributed by atoms with Gasteiger partial charge in [-0.1, -0.05) is 121 Å². The molecule has 190 valence electrons. The van der Waals surface area contributed by atoms with Crippen molar-refractivity contribution in [2.45, 2.75) is 0 Å². The average molecular weight is 520 g/mol. The molecule has 1 aromatic heterocycles. The van der Waals surface area contributed by atoms with Crippen molar-refractivity contribution in [3.63, 3.8) is 0 Å². The highest BCUT2D eigenvalue weighted by Gasteiger charge is 2.22. The number of hydrogen-bond acceptors (Lipinski definition) is 0. The van der Waals surface area contributed by atoms with Crippen molar-refractivity contribution in [1.82, 2.24) is 4.98 Å². The maximum atomic E-state index is 3.75. The molecular weight excluding hydrogens is 494 g/mol. The normalized spacial score (nSPS) is 11.9. The highest BCUT2D eigenvalue weighted by Crippen LogP contribution is 2.49. The molecule has 0 radical (unpaired) electrons. The molecule has 0 fully saturated rings. The summed E-state index contributed by atoms with van der Waals surface area (Å²) in [5.41, 5.74) is 15.1. The predicted octanol–water partition coefficient (Wildman–Crippen LogP) is 11.1. The van der Waals surface area contributed by atoms with E-state index in [-0.39, 0.29) is 0 Å². The number of aromatic amines is 1. The van der Waals surface area contributed by atoms with E-state index in [1.165, 1.54) is 82.7 Å². The Bertz CT molecular complexity index is 2270. The summed E-state index contributed by atoms with van der Waals surface area (Å²) < 4.78 is 0. The van der Waals surface area contributed by atoms with Crippen LogP contribution in [0.1, 0.15) is 0 Å². The minimum atomic E-state index is 1.16. The molecule has 1 heteroatoms. The zero-order valence-electron chi connectivity index (χ0n) is 22.4. The molecule has 8 aromatic rings. The Balaban J connectivity index is 1.28. The molecule has 1 N–H and O–H groups in total. The van der Waals surface area contributed by atoms with Gasteiger partial charge in [0, 0.05) is 21.9 Å². The maximum Gasteiger partial charge on any atom is 0.0544 e. The van der Waals surface area contributed by atoms with Crippen molar-refractivity contribution in [2.24, 2.45) is 0 Å². The lowest BCUT2D eigenvalue weighted by Gasteiger charge is -2.13. The van der Waals surface area contributed by atoms with E-state index in [0.29, 0.717) is 0 Å². The van der Waals surface area contributed by atoms with Gasteiger partial charge in [-0.05, 0) is 85.1 Å². The quantitative estimate of drug-likeness (QED) is 0.239. The summed E-state index contributed by atoms with van der Waals surface area (Å²) >= 11 is 0. The van der Waals surface area contributed by atoms with Gasteiger partial charge in [-0.25, -0.2) is 0 Å². The minimum absolute atomic E-state index is 1.16. The zero-order valence-corrected chi connectivity index (χ0v) is 22.4. The summed E-state index contributed by atoms with van der Waals surface area (Å²) in [6, 6.07) is 53.2. The molecule has 0 unspecified atom stereocenters. The van der Waals surface area contributed by atoms with Gasteiger partial charge in [-0.3, -0.25) is 0 Å². The largest absolute Gasteiger partial charge is 0.354 e. The van der Waals surface area contributed by atoms with Crippen LogP contribution in [0.25, 0.3) is 88.2 Å². The van der Waals surface area contributed by atoms with Gasteiger partial charge in [0.25, 0.3) is 0 Å². The van der Waals surface area contributed by atoms with Crippen molar-refractivity contribution in [1.29, 1.82) is 0 Å². The van der Waals surface area contributed by atoms with Crippen LogP contribution in [0.4, 0.5) is 0 Å². The van der Waals surface area contributed by atoms with Crippen LogP contribution < -0.4 is 0 Å². The van der Waals surface area contributed by atoms with Gasteiger partial charge in [-0.2, -0.15) is 0 Å². The Kier molecular flexibility index (Phi) is 4.67. The number of fused-ring (bicyclic) bond motifs is 6. The van der Waals surface area contributed by atoms with Crippen LogP contribution in [0.2, 0.25) is 0 Å². The minimum Gasteiger partial charge on any atom is -0.354 e. The summed E-state index contributed by atoms with van der Waals surface area (Å²) in [5.74, 6) is 0. The van der Waals surface area contributed by atoms with Crippen LogP contribution in [-0.2, 0) is 0 Å². The van der Waals surface area contributed by atoms with E-state index in [1.54, 1.807) is 0 Å². The second-order valence-corrected chi connectivity index (χ2v) is 11.0. The third-order valence-electron chi connectivity index (χ3n) is 8.76. The Labute approximate surface area is 238 Å². The summed E-state index contributed by atoms with van der Waals surface area (Å²) in [7, 11) is 0. The number of H-pyrrole nitrogens is 1. The number of rotatable bonds is 3. The SMILES string of the molecule is c1ccc(-c2cc(-c3cccc(-c4ccc5c6c(cccc46)-c4ccccc4-5)c3)c3[nH]c4ccccc4c3c2)cc1. The van der Waals surface area contributed by atoms with E-state index >= 15 is 0 Å².